The smallest absolute Gasteiger partial charge is 0.0994 e. The number of aryl methyl sites for hydroxylation is 2. The van der Waals surface area contributed by atoms with Gasteiger partial charge in [-0.15, -0.1) is 0 Å². The summed E-state index contributed by atoms with van der Waals surface area (Å²) in [6.07, 6.45) is 6.48. The topological polar surface area (TPSA) is 29.9 Å². The van der Waals surface area contributed by atoms with Crippen molar-refractivity contribution >= 4 is 0 Å². The van der Waals surface area contributed by atoms with Gasteiger partial charge in [-0.3, -0.25) is 0 Å². The van der Waals surface area contributed by atoms with Crippen LogP contribution in [-0.4, -0.2) is 22.6 Å². The maximum absolute atomic E-state index is 4.37. The molecule has 0 saturated carbocycles. The Hall–Kier alpha value is -1.61. The molecule has 1 saturated heterocycles. The quantitative estimate of drug-likeness (QED) is 0.894. The molecular weight excluding hydrogens is 234 g/mol. The van der Waals surface area contributed by atoms with Crippen molar-refractivity contribution in [1.82, 2.24) is 14.9 Å². The van der Waals surface area contributed by atoms with Crippen molar-refractivity contribution in [1.29, 1.82) is 0 Å². The predicted octanol–water partition coefficient (Wildman–Crippen LogP) is 2.96. The number of hydrogen-bond donors (Lipinski definition) is 1. The van der Waals surface area contributed by atoms with Crippen molar-refractivity contribution in [2.24, 2.45) is 0 Å². The van der Waals surface area contributed by atoms with Crippen LogP contribution in [0.15, 0.2) is 30.7 Å². The molecule has 1 atom stereocenters. The van der Waals surface area contributed by atoms with Crippen LogP contribution in [0.2, 0.25) is 0 Å². The number of aromatic nitrogens is 2. The molecule has 1 aliphatic rings. The van der Waals surface area contributed by atoms with E-state index in [1.165, 1.54) is 35.3 Å². The molecule has 0 spiro atoms. The zero-order chi connectivity index (χ0) is 13.2. The highest BCUT2D eigenvalue weighted by molar-refractivity contribution is 5.44. The van der Waals surface area contributed by atoms with Gasteiger partial charge in [0.1, 0.15) is 0 Å². The van der Waals surface area contributed by atoms with Gasteiger partial charge in [-0.25, -0.2) is 4.98 Å². The van der Waals surface area contributed by atoms with Crippen molar-refractivity contribution in [3.05, 3.63) is 47.5 Å². The molecule has 2 heterocycles. The monoisotopic (exact) mass is 255 g/mol. The maximum Gasteiger partial charge on any atom is 0.0994 e. The van der Waals surface area contributed by atoms with E-state index >= 15 is 0 Å². The number of hydrogen-bond acceptors (Lipinski definition) is 2. The van der Waals surface area contributed by atoms with Crippen molar-refractivity contribution in [2.45, 2.75) is 32.6 Å². The van der Waals surface area contributed by atoms with Crippen LogP contribution in [0.4, 0.5) is 0 Å². The van der Waals surface area contributed by atoms with Crippen LogP contribution in [0, 0.1) is 13.8 Å². The lowest BCUT2D eigenvalue weighted by atomic mass is 9.96. The molecule has 0 aliphatic carbocycles. The van der Waals surface area contributed by atoms with Gasteiger partial charge in [-0.1, -0.05) is 17.7 Å². The lowest BCUT2D eigenvalue weighted by Crippen LogP contribution is -2.29. The highest BCUT2D eigenvalue weighted by Crippen LogP contribution is 2.26. The molecule has 0 amide bonds. The molecule has 3 rings (SSSR count). The summed E-state index contributed by atoms with van der Waals surface area (Å²) >= 11 is 0. The van der Waals surface area contributed by atoms with E-state index in [0.717, 1.165) is 13.1 Å². The Labute approximate surface area is 114 Å². The standard InChI is InChI=1S/C16H21N3/c1-12-5-6-15(13(2)8-12)19-11-18-10-16(19)14-4-3-7-17-9-14/h5-6,8,10-11,14,17H,3-4,7,9H2,1-2H3. The van der Waals surface area contributed by atoms with E-state index in [0.29, 0.717) is 5.92 Å². The van der Waals surface area contributed by atoms with Gasteiger partial charge in [0.15, 0.2) is 0 Å². The summed E-state index contributed by atoms with van der Waals surface area (Å²) in [5.41, 5.74) is 5.20. The Morgan fingerprint density at radius 1 is 1.32 bits per heavy atom. The Bertz CT molecular complexity index is 565. The Kier molecular flexibility index (Phi) is 3.38. The minimum absolute atomic E-state index is 0.581. The first-order valence-corrected chi connectivity index (χ1v) is 7.06. The molecule has 1 aromatic carbocycles. The summed E-state index contributed by atoms with van der Waals surface area (Å²) in [5, 5.41) is 3.48. The largest absolute Gasteiger partial charge is 0.316 e. The average molecular weight is 255 g/mol. The van der Waals surface area contributed by atoms with E-state index in [9.17, 15) is 0 Å². The maximum atomic E-state index is 4.37. The molecule has 19 heavy (non-hydrogen) atoms. The molecule has 3 heteroatoms. The van der Waals surface area contributed by atoms with Crippen LogP contribution >= 0.6 is 0 Å². The SMILES string of the molecule is Cc1ccc(-n2cncc2C2CCCNC2)c(C)c1. The molecule has 1 aliphatic heterocycles. The molecular formula is C16H21N3. The fourth-order valence-electron chi connectivity index (χ4n) is 2.99. The summed E-state index contributed by atoms with van der Waals surface area (Å²) < 4.78 is 2.26. The second-order valence-electron chi connectivity index (χ2n) is 5.52. The van der Waals surface area contributed by atoms with E-state index < -0.39 is 0 Å². The summed E-state index contributed by atoms with van der Waals surface area (Å²) in [6.45, 7) is 6.52. The van der Waals surface area contributed by atoms with Crippen LogP contribution in [-0.2, 0) is 0 Å². The van der Waals surface area contributed by atoms with Crippen molar-refractivity contribution < 1.29 is 0 Å². The van der Waals surface area contributed by atoms with Gasteiger partial charge >= 0.3 is 0 Å². The molecule has 0 bridgehead atoms. The van der Waals surface area contributed by atoms with Gasteiger partial charge in [0.2, 0.25) is 0 Å². The summed E-state index contributed by atoms with van der Waals surface area (Å²) in [5.74, 6) is 0.581. The Morgan fingerprint density at radius 2 is 2.21 bits per heavy atom. The van der Waals surface area contributed by atoms with Gasteiger partial charge in [-0.2, -0.15) is 0 Å². The van der Waals surface area contributed by atoms with E-state index in [2.05, 4.69) is 46.9 Å². The number of benzene rings is 1. The minimum Gasteiger partial charge on any atom is -0.316 e. The third kappa shape index (κ3) is 2.43. The first-order chi connectivity index (χ1) is 9.25. The zero-order valence-corrected chi connectivity index (χ0v) is 11.7. The van der Waals surface area contributed by atoms with Crippen molar-refractivity contribution in [3.63, 3.8) is 0 Å². The number of piperidine rings is 1. The number of imidazole rings is 1. The van der Waals surface area contributed by atoms with Gasteiger partial charge in [-0.05, 0) is 44.9 Å². The van der Waals surface area contributed by atoms with E-state index in [1.807, 2.05) is 12.5 Å². The normalized spacial score (nSPS) is 19.6. The average Bonchev–Trinajstić information content (AvgIpc) is 2.89. The van der Waals surface area contributed by atoms with Crippen LogP contribution in [0.5, 0.6) is 0 Å². The molecule has 1 N–H and O–H groups in total. The lowest BCUT2D eigenvalue weighted by Gasteiger charge is -2.24. The highest BCUT2D eigenvalue weighted by Gasteiger charge is 2.19. The Balaban J connectivity index is 1.99. The molecule has 100 valence electrons. The van der Waals surface area contributed by atoms with Gasteiger partial charge in [0.25, 0.3) is 0 Å². The molecule has 2 aromatic rings. The molecule has 1 fully saturated rings. The van der Waals surface area contributed by atoms with Crippen LogP contribution in [0.25, 0.3) is 5.69 Å². The summed E-state index contributed by atoms with van der Waals surface area (Å²) in [7, 11) is 0. The molecule has 1 aromatic heterocycles. The van der Waals surface area contributed by atoms with Gasteiger partial charge < -0.3 is 9.88 Å². The highest BCUT2D eigenvalue weighted by atomic mass is 15.1. The van der Waals surface area contributed by atoms with Crippen molar-refractivity contribution in [2.75, 3.05) is 13.1 Å². The van der Waals surface area contributed by atoms with Crippen LogP contribution < -0.4 is 5.32 Å². The predicted molar refractivity (Wildman–Crippen MR) is 77.9 cm³/mol. The first-order valence-electron chi connectivity index (χ1n) is 7.06. The number of nitrogens with zero attached hydrogens (tertiary/aromatic N) is 2. The minimum atomic E-state index is 0.581. The van der Waals surface area contributed by atoms with Crippen molar-refractivity contribution in [3.8, 4) is 5.69 Å². The first kappa shape index (κ1) is 12.4. The van der Waals surface area contributed by atoms with E-state index in [4.69, 9.17) is 0 Å². The second kappa shape index (κ2) is 5.17. The Morgan fingerprint density at radius 3 is 2.95 bits per heavy atom. The summed E-state index contributed by atoms with van der Waals surface area (Å²) in [6, 6.07) is 6.61. The number of rotatable bonds is 2. The zero-order valence-electron chi connectivity index (χ0n) is 11.7. The van der Waals surface area contributed by atoms with Gasteiger partial charge in [0, 0.05) is 30.0 Å². The number of nitrogens with one attached hydrogen (secondary N) is 1. The molecule has 3 nitrogen and oxygen atoms in total. The fraction of sp³-hybridized carbons (Fsp3) is 0.438. The van der Waals surface area contributed by atoms with Crippen LogP contribution in [0.1, 0.15) is 35.6 Å². The van der Waals surface area contributed by atoms with E-state index in [1.54, 1.807) is 0 Å². The second-order valence-corrected chi connectivity index (χ2v) is 5.52. The summed E-state index contributed by atoms with van der Waals surface area (Å²) in [4.78, 5) is 4.37. The lowest BCUT2D eigenvalue weighted by molar-refractivity contribution is 0.451. The fourth-order valence-corrected chi connectivity index (χ4v) is 2.99. The van der Waals surface area contributed by atoms with Gasteiger partial charge in [0.05, 0.1) is 6.33 Å². The third-order valence-electron chi connectivity index (χ3n) is 3.99. The molecule has 1 unspecified atom stereocenters. The third-order valence-corrected chi connectivity index (χ3v) is 3.99. The van der Waals surface area contributed by atoms with Crippen LogP contribution in [0.3, 0.4) is 0 Å². The van der Waals surface area contributed by atoms with E-state index in [-0.39, 0.29) is 0 Å². The molecule has 0 radical (unpaired) electrons.